The van der Waals surface area contributed by atoms with Gasteiger partial charge in [-0.05, 0) is 31.4 Å². The van der Waals surface area contributed by atoms with Crippen molar-refractivity contribution in [2.75, 3.05) is 12.0 Å². The van der Waals surface area contributed by atoms with E-state index in [9.17, 15) is 13.2 Å². The number of Topliss-reactive ketones (excluding diaryl/α,β-unsaturated/α-hetero) is 1. The van der Waals surface area contributed by atoms with Crippen LogP contribution in [0.25, 0.3) is 0 Å². The molecule has 6 heteroatoms. The maximum atomic E-state index is 12.1. The van der Waals surface area contributed by atoms with E-state index in [0.29, 0.717) is 11.3 Å². The maximum absolute atomic E-state index is 12.1. The zero-order valence-electron chi connectivity index (χ0n) is 11.4. The average Bonchev–Trinajstić information content (AvgIpc) is 3.18. The van der Waals surface area contributed by atoms with Gasteiger partial charge >= 0.3 is 0 Å². The zero-order valence-corrected chi connectivity index (χ0v) is 12.2. The van der Waals surface area contributed by atoms with Crippen molar-refractivity contribution in [2.45, 2.75) is 31.4 Å². The van der Waals surface area contributed by atoms with E-state index in [4.69, 9.17) is 10.5 Å². The Morgan fingerprint density at radius 3 is 2.75 bits per heavy atom. The number of hydrogen-bond acceptors (Lipinski definition) is 5. The van der Waals surface area contributed by atoms with Crippen LogP contribution in [0.2, 0.25) is 0 Å². The highest BCUT2D eigenvalue weighted by molar-refractivity contribution is 7.90. The van der Waals surface area contributed by atoms with Gasteiger partial charge in [0.05, 0.1) is 17.9 Å². The summed E-state index contributed by atoms with van der Waals surface area (Å²) in [5.41, 5.74) is 6.23. The minimum atomic E-state index is -3.11. The van der Waals surface area contributed by atoms with E-state index in [1.54, 1.807) is 24.3 Å². The van der Waals surface area contributed by atoms with Gasteiger partial charge in [-0.15, -0.1) is 0 Å². The molecule has 5 nitrogen and oxygen atoms in total. The van der Waals surface area contributed by atoms with E-state index in [-0.39, 0.29) is 24.1 Å². The second-order valence-electron chi connectivity index (χ2n) is 5.23. The molecule has 2 N–H and O–H groups in total. The lowest BCUT2D eigenvalue weighted by Crippen LogP contribution is -2.32. The Morgan fingerprint density at radius 2 is 2.15 bits per heavy atom. The van der Waals surface area contributed by atoms with Crippen molar-refractivity contribution in [1.29, 1.82) is 0 Å². The van der Waals surface area contributed by atoms with Crippen molar-refractivity contribution >= 4 is 15.6 Å². The third kappa shape index (κ3) is 4.61. The highest BCUT2D eigenvalue weighted by atomic mass is 32.2. The van der Waals surface area contributed by atoms with Gasteiger partial charge in [0.2, 0.25) is 0 Å². The SMILES string of the molecule is CS(=O)(=O)CCC(N)C(=O)c1cccc(OC2CC2)c1. The zero-order chi connectivity index (χ0) is 14.8. The van der Waals surface area contributed by atoms with Crippen molar-refractivity contribution in [1.82, 2.24) is 0 Å². The number of sulfone groups is 1. The van der Waals surface area contributed by atoms with Gasteiger partial charge in [0.25, 0.3) is 0 Å². The number of ether oxygens (including phenoxy) is 1. The number of carbonyl (C=O) groups is 1. The molecule has 0 radical (unpaired) electrons. The van der Waals surface area contributed by atoms with Crippen molar-refractivity contribution < 1.29 is 17.9 Å². The molecule has 0 aromatic heterocycles. The van der Waals surface area contributed by atoms with Crippen LogP contribution >= 0.6 is 0 Å². The Kier molecular flexibility index (Phi) is 4.45. The lowest BCUT2D eigenvalue weighted by atomic mass is 10.0. The number of ketones is 1. The first kappa shape index (κ1) is 15.0. The van der Waals surface area contributed by atoms with Gasteiger partial charge < -0.3 is 10.5 Å². The Bertz CT molecular complexity index is 593. The molecule has 20 heavy (non-hydrogen) atoms. The largest absolute Gasteiger partial charge is 0.490 e. The van der Waals surface area contributed by atoms with Crippen LogP contribution in [-0.2, 0) is 9.84 Å². The quantitative estimate of drug-likeness (QED) is 0.763. The summed E-state index contributed by atoms with van der Waals surface area (Å²) < 4.78 is 27.8. The van der Waals surface area contributed by atoms with Crippen molar-refractivity contribution in [3.63, 3.8) is 0 Å². The summed E-state index contributed by atoms with van der Waals surface area (Å²) in [6, 6.07) is 6.08. The van der Waals surface area contributed by atoms with E-state index in [0.717, 1.165) is 19.1 Å². The molecule has 1 aromatic carbocycles. The van der Waals surface area contributed by atoms with E-state index < -0.39 is 15.9 Å². The first-order valence-corrected chi connectivity index (χ1v) is 8.65. The van der Waals surface area contributed by atoms with Crippen molar-refractivity contribution in [3.8, 4) is 5.75 Å². The lowest BCUT2D eigenvalue weighted by Gasteiger charge is -2.11. The molecule has 1 atom stereocenters. The molecule has 1 aromatic rings. The minimum absolute atomic E-state index is 0.0851. The molecular formula is C14H19NO4S. The van der Waals surface area contributed by atoms with Crippen LogP contribution in [0, 0.1) is 0 Å². The van der Waals surface area contributed by atoms with Crippen LogP contribution in [0.4, 0.5) is 0 Å². The molecule has 0 aliphatic heterocycles. The molecule has 1 saturated carbocycles. The number of carbonyl (C=O) groups excluding carboxylic acids is 1. The minimum Gasteiger partial charge on any atom is -0.490 e. The molecule has 110 valence electrons. The summed E-state index contributed by atoms with van der Waals surface area (Å²) in [6.45, 7) is 0. The van der Waals surface area contributed by atoms with Crippen LogP contribution < -0.4 is 10.5 Å². The molecule has 2 rings (SSSR count). The van der Waals surface area contributed by atoms with Crippen LogP contribution in [0.5, 0.6) is 5.75 Å². The summed E-state index contributed by atoms with van der Waals surface area (Å²) >= 11 is 0. The fraction of sp³-hybridized carbons (Fsp3) is 0.500. The fourth-order valence-electron chi connectivity index (χ4n) is 1.79. The highest BCUT2D eigenvalue weighted by Crippen LogP contribution is 2.27. The standard InChI is InChI=1S/C14H19NO4S/c1-20(17,18)8-7-13(15)14(16)10-3-2-4-12(9-10)19-11-5-6-11/h2-4,9,11,13H,5-8,15H2,1H3. The molecule has 1 unspecified atom stereocenters. The van der Waals surface area contributed by atoms with Gasteiger partial charge in [-0.1, -0.05) is 12.1 Å². The Morgan fingerprint density at radius 1 is 1.45 bits per heavy atom. The molecule has 0 amide bonds. The van der Waals surface area contributed by atoms with Gasteiger partial charge in [0.15, 0.2) is 5.78 Å². The lowest BCUT2D eigenvalue weighted by molar-refractivity contribution is 0.0959. The van der Waals surface area contributed by atoms with Gasteiger partial charge in [-0.25, -0.2) is 8.42 Å². The molecule has 0 saturated heterocycles. The predicted molar refractivity (Wildman–Crippen MR) is 76.7 cm³/mol. The molecule has 1 aliphatic carbocycles. The van der Waals surface area contributed by atoms with E-state index >= 15 is 0 Å². The second-order valence-corrected chi connectivity index (χ2v) is 7.49. The van der Waals surface area contributed by atoms with E-state index in [1.165, 1.54) is 0 Å². The Labute approximate surface area is 119 Å². The monoisotopic (exact) mass is 297 g/mol. The van der Waals surface area contributed by atoms with Gasteiger partial charge in [-0.2, -0.15) is 0 Å². The van der Waals surface area contributed by atoms with Gasteiger partial charge in [-0.3, -0.25) is 4.79 Å². The smallest absolute Gasteiger partial charge is 0.179 e. The molecule has 1 aliphatic rings. The van der Waals surface area contributed by atoms with Gasteiger partial charge in [0.1, 0.15) is 15.6 Å². The van der Waals surface area contributed by atoms with Crippen LogP contribution in [0.3, 0.4) is 0 Å². The van der Waals surface area contributed by atoms with Crippen LogP contribution in [0.15, 0.2) is 24.3 Å². The Hall–Kier alpha value is -1.40. The average molecular weight is 297 g/mol. The summed E-state index contributed by atoms with van der Waals surface area (Å²) in [6.07, 6.45) is 3.62. The molecule has 0 spiro atoms. The first-order valence-electron chi connectivity index (χ1n) is 6.59. The van der Waals surface area contributed by atoms with Crippen LogP contribution in [-0.4, -0.2) is 38.4 Å². The van der Waals surface area contributed by atoms with E-state index in [2.05, 4.69) is 0 Å². The fourth-order valence-corrected chi connectivity index (χ4v) is 2.47. The summed E-state index contributed by atoms with van der Waals surface area (Å²) in [4.78, 5) is 12.1. The highest BCUT2D eigenvalue weighted by Gasteiger charge is 2.24. The maximum Gasteiger partial charge on any atom is 0.179 e. The molecular weight excluding hydrogens is 278 g/mol. The summed E-state index contributed by atoms with van der Waals surface area (Å²) in [7, 11) is -3.11. The second kappa shape index (κ2) is 5.93. The molecule has 1 fully saturated rings. The van der Waals surface area contributed by atoms with Crippen LogP contribution in [0.1, 0.15) is 29.6 Å². The third-order valence-electron chi connectivity index (χ3n) is 3.08. The first-order chi connectivity index (χ1) is 9.35. The third-order valence-corrected chi connectivity index (χ3v) is 4.06. The number of benzene rings is 1. The van der Waals surface area contributed by atoms with Crippen molar-refractivity contribution in [3.05, 3.63) is 29.8 Å². The number of rotatable bonds is 7. The topological polar surface area (TPSA) is 86.5 Å². The van der Waals surface area contributed by atoms with E-state index in [1.807, 2.05) is 0 Å². The van der Waals surface area contributed by atoms with Gasteiger partial charge in [0, 0.05) is 11.8 Å². The Balaban J connectivity index is 2.00. The normalized spacial score (nSPS) is 16.7. The van der Waals surface area contributed by atoms with Crippen molar-refractivity contribution in [2.24, 2.45) is 5.73 Å². The molecule has 0 heterocycles. The summed E-state index contributed by atoms with van der Waals surface area (Å²) in [5, 5.41) is 0. The predicted octanol–water partition coefficient (Wildman–Crippen LogP) is 1.17. The number of hydrogen-bond donors (Lipinski definition) is 1. The number of nitrogens with two attached hydrogens (primary N) is 1. The summed E-state index contributed by atoms with van der Waals surface area (Å²) in [5.74, 6) is 0.321. The molecule has 0 bridgehead atoms.